The quantitative estimate of drug-likeness (QED) is 0.604. The fraction of sp³-hybridized carbons (Fsp3) is 0.615. The monoisotopic (exact) mass is 296 g/mol. The molecule has 0 aromatic carbocycles. The van der Waals surface area contributed by atoms with E-state index in [1.807, 2.05) is 6.92 Å². The van der Waals surface area contributed by atoms with E-state index in [0.29, 0.717) is 31.6 Å². The summed E-state index contributed by atoms with van der Waals surface area (Å²) in [5, 5.41) is 19.8. The predicted molar refractivity (Wildman–Crippen MR) is 77.1 cm³/mol. The molecular formula is C13H20N4O4. The van der Waals surface area contributed by atoms with Gasteiger partial charge in [0.1, 0.15) is 5.82 Å². The zero-order valence-electron chi connectivity index (χ0n) is 11.9. The molecule has 2 rings (SSSR count). The Morgan fingerprint density at radius 1 is 1.67 bits per heavy atom. The van der Waals surface area contributed by atoms with Crippen LogP contribution in [0.25, 0.3) is 0 Å². The van der Waals surface area contributed by atoms with Gasteiger partial charge in [-0.05, 0) is 12.8 Å². The molecule has 0 spiro atoms. The highest BCUT2D eigenvalue weighted by atomic mass is 16.4. The van der Waals surface area contributed by atoms with Crippen molar-refractivity contribution < 1.29 is 15.0 Å². The number of carboxylic acids is 1. The molecule has 0 bridgehead atoms. The molecule has 21 heavy (non-hydrogen) atoms. The van der Waals surface area contributed by atoms with Crippen molar-refractivity contribution in [1.29, 1.82) is 0 Å². The number of anilines is 2. The number of aliphatic hydroxyl groups excluding tert-OH is 1. The van der Waals surface area contributed by atoms with Gasteiger partial charge in [-0.1, -0.05) is 13.3 Å². The molecule has 1 aromatic heterocycles. The maximum atomic E-state index is 11.6. The topological polar surface area (TPSA) is 133 Å². The van der Waals surface area contributed by atoms with Gasteiger partial charge < -0.3 is 20.8 Å². The summed E-state index contributed by atoms with van der Waals surface area (Å²) < 4.78 is 0. The van der Waals surface area contributed by atoms with Crippen LogP contribution in [0.15, 0.2) is 10.9 Å². The Balaban J connectivity index is 2.23. The van der Waals surface area contributed by atoms with Gasteiger partial charge in [0, 0.05) is 19.2 Å². The highest BCUT2D eigenvalue weighted by Gasteiger charge is 2.48. The minimum atomic E-state index is -1.13. The van der Waals surface area contributed by atoms with Crippen LogP contribution in [0.3, 0.4) is 0 Å². The molecule has 1 aliphatic heterocycles. The average molecular weight is 296 g/mol. The van der Waals surface area contributed by atoms with E-state index < -0.39 is 17.5 Å². The van der Waals surface area contributed by atoms with E-state index in [2.05, 4.69) is 9.97 Å². The number of nitrogen functional groups attached to an aromatic ring is 1. The highest BCUT2D eigenvalue weighted by molar-refractivity contribution is 5.76. The van der Waals surface area contributed by atoms with Gasteiger partial charge in [0.25, 0.3) is 5.56 Å². The molecule has 0 unspecified atom stereocenters. The number of carboxylic acid groups (broad SMARTS) is 1. The van der Waals surface area contributed by atoms with Gasteiger partial charge in [-0.3, -0.25) is 14.6 Å². The van der Waals surface area contributed by atoms with Crippen molar-refractivity contribution in [1.82, 2.24) is 9.97 Å². The molecule has 5 N–H and O–H groups in total. The van der Waals surface area contributed by atoms with E-state index in [0.717, 1.165) is 0 Å². The molecule has 1 aromatic rings. The molecule has 0 saturated carbocycles. The molecule has 8 nitrogen and oxygen atoms in total. The molecule has 2 atom stereocenters. The number of β-amino-alcohol motifs (C(OH)–C–C–N with tert-alkyl or cyclic N) is 1. The number of aromatic nitrogens is 2. The predicted octanol–water partition coefficient (Wildman–Crippen LogP) is -0.206. The summed E-state index contributed by atoms with van der Waals surface area (Å²) in [5.41, 5.74) is 3.99. The van der Waals surface area contributed by atoms with Crippen LogP contribution in [0, 0.1) is 5.41 Å². The maximum absolute atomic E-state index is 11.6. The largest absolute Gasteiger partial charge is 0.481 e. The van der Waals surface area contributed by atoms with Crippen molar-refractivity contribution in [2.24, 2.45) is 5.41 Å². The zero-order valence-corrected chi connectivity index (χ0v) is 11.9. The van der Waals surface area contributed by atoms with Crippen LogP contribution >= 0.6 is 0 Å². The number of nitrogens with one attached hydrogen (secondary N) is 1. The number of aromatic amines is 1. The van der Waals surface area contributed by atoms with Crippen LogP contribution in [-0.2, 0) is 4.79 Å². The molecule has 8 heteroatoms. The number of nitrogens with two attached hydrogens (primary N) is 1. The van der Waals surface area contributed by atoms with Crippen LogP contribution in [0.4, 0.5) is 11.8 Å². The van der Waals surface area contributed by atoms with Gasteiger partial charge in [0.15, 0.2) is 0 Å². The number of hydrogen-bond donors (Lipinski definition) is 4. The SMILES string of the molecule is CCC[C@]1(C(=O)O)CCN(c2cc(=O)[nH]c(N)n2)C[C@@H]1O. The van der Waals surface area contributed by atoms with Crippen LogP contribution in [-0.4, -0.2) is 45.3 Å². The summed E-state index contributed by atoms with van der Waals surface area (Å²) in [6.45, 7) is 2.41. The Labute approximate surface area is 121 Å². The minimum absolute atomic E-state index is 0.00406. The summed E-state index contributed by atoms with van der Waals surface area (Å²) in [6.07, 6.45) is 0.374. The van der Waals surface area contributed by atoms with Gasteiger partial charge in [-0.15, -0.1) is 0 Å². The molecule has 116 valence electrons. The Morgan fingerprint density at radius 2 is 2.38 bits per heavy atom. The molecule has 1 fully saturated rings. The third-order valence-electron chi connectivity index (χ3n) is 4.05. The van der Waals surface area contributed by atoms with Crippen LogP contribution in [0.2, 0.25) is 0 Å². The Morgan fingerprint density at radius 3 is 2.90 bits per heavy atom. The third kappa shape index (κ3) is 2.85. The van der Waals surface area contributed by atoms with E-state index in [1.165, 1.54) is 6.07 Å². The standard InChI is InChI=1S/C13H20N4O4/c1-2-3-13(11(20)21)4-5-17(7-8(13)18)9-6-10(19)16-12(14)15-9/h6,8,18H,2-5,7H2,1H3,(H,20,21)(H3,14,15,16,19)/t8-,13-/m0/s1. The van der Waals surface area contributed by atoms with Crippen molar-refractivity contribution in [2.45, 2.75) is 32.3 Å². The summed E-state index contributed by atoms with van der Waals surface area (Å²) in [7, 11) is 0. The summed E-state index contributed by atoms with van der Waals surface area (Å²) in [4.78, 5) is 31.0. The lowest BCUT2D eigenvalue weighted by Gasteiger charge is -2.43. The second kappa shape index (κ2) is 5.72. The van der Waals surface area contributed by atoms with Gasteiger partial charge >= 0.3 is 5.97 Å². The zero-order chi connectivity index (χ0) is 15.6. The molecule has 0 radical (unpaired) electrons. The molecule has 1 aliphatic rings. The average Bonchev–Trinajstić information content (AvgIpc) is 2.39. The van der Waals surface area contributed by atoms with Crippen molar-refractivity contribution in [3.05, 3.63) is 16.4 Å². The Kier molecular flexibility index (Phi) is 4.17. The highest BCUT2D eigenvalue weighted by Crippen LogP contribution is 2.37. The van der Waals surface area contributed by atoms with Crippen LogP contribution in [0.5, 0.6) is 0 Å². The summed E-state index contributed by atoms with van der Waals surface area (Å²) >= 11 is 0. The fourth-order valence-corrected chi connectivity index (χ4v) is 2.90. The number of aliphatic hydroxyl groups is 1. The number of nitrogens with zero attached hydrogens (tertiary/aromatic N) is 2. The molecule has 1 saturated heterocycles. The van der Waals surface area contributed by atoms with Crippen molar-refractivity contribution in [2.75, 3.05) is 23.7 Å². The number of rotatable bonds is 4. The van der Waals surface area contributed by atoms with Crippen molar-refractivity contribution >= 4 is 17.7 Å². The van der Waals surface area contributed by atoms with Crippen molar-refractivity contribution in [3.8, 4) is 0 Å². The van der Waals surface area contributed by atoms with E-state index >= 15 is 0 Å². The molecular weight excluding hydrogens is 276 g/mol. The smallest absolute Gasteiger partial charge is 0.312 e. The number of H-pyrrole nitrogens is 1. The summed E-state index contributed by atoms with van der Waals surface area (Å²) in [5.74, 6) is -0.628. The van der Waals surface area contributed by atoms with E-state index in [9.17, 15) is 19.8 Å². The van der Waals surface area contributed by atoms with E-state index in [1.54, 1.807) is 4.90 Å². The Bertz CT molecular complexity index is 588. The number of aliphatic carboxylic acids is 1. The van der Waals surface area contributed by atoms with Gasteiger partial charge in [-0.25, -0.2) is 0 Å². The Hall–Kier alpha value is -2.09. The van der Waals surface area contributed by atoms with Gasteiger partial charge in [0.05, 0.1) is 11.5 Å². The van der Waals surface area contributed by atoms with Crippen LogP contribution < -0.4 is 16.2 Å². The lowest BCUT2D eigenvalue weighted by atomic mass is 9.73. The normalized spacial score (nSPS) is 25.8. The first-order valence-corrected chi connectivity index (χ1v) is 6.92. The lowest BCUT2D eigenvalue weighted by molar-refractivity contribution is -0.159. The molecule has 0 aliphatic carbocycles. The third-order valence-corrected chi connectivity index (χ3v) is 4.05. The van der Waals surface area contributed by atoms with E-state index in [4.69, 9.17) is 5.73 Å². The second-order valence-corrected chi connectivity index (χ2v) is 5.41. The first-order chi connectivity index (χ1) is 9.89. The molecule has 2 heterocycles. The first-order valence-electron chi connectivity index (χ1n) is 6.92. The number of piperidine rings is 1. The van der Waals surface area contributed by atoms with Crippen molar-refractivity contribution in [3.63, 3.8) is 0 Å². The summed E-state index contributed by atoms with van der Waals surface area (Å²) in [6, 6.07) is 1.29. The first kappa shape index (κ1) is 15.3. The van der Waals surface area contributed by atoms with E-state index in [-0.39, 0.29) is 18.1 Å². The fourth-order valence-electron chi connectivity index (χ4n) is 2.90. The number of carbonyl (C=O) groups is 1. The maximum Gasteiger partial charge on any atom is 0.312 e. The van der Waals surface area contributed by atoms with Gasteiger partial charge in [-0.2, -0.15) is 4.98 Å². The minimum Gasteiger partial charge on any atom is -0.481 e. The van der Waals surface area contributed by atoms with Crippen LogP contribution in [0.1, 0.15) is 26.2 Å². The number of hydrogen-bond acceptors (Lipinski definition) is 6. The molecule has 0 amide bonds. The second-order valence-electron chi connectivity index (χ2n) is 5.41. The van der Waals surface area contributed by atoms with Gasteiger partial charge in [0.2, 0.25) is 5.95 Å². The lowest BCUT2D eigenvalue weighted by Crippen LogP contribution is -2.55.